The Bertz CT molecular complexity index is 541. The molecule has 2 rings (SSSR count). The molecule has 2 aromatic heterocycles. The fraction of sp³-hybridized carbons (Fsp3) is 0. The molecule has 6 heteroatoms. The first-order valence-electron chi connectivity index (χ1n) is 3.74. The minimum absolute atomic E-state index is 0.423. The predicted molar refractivity (Wildman–Crippen MR) is 56.0 cm³/mol. The van der Waals surface area contributed by atoms with Crippen LogP contribution in [0.1, 0.15) is 0 Å². The number of halogens is 1. The lowest BCUT2D eigenvalue weighted by Gasteiger charge is -1.93. The van der Waals surface area contributed by atoms with Gasteiger partial charge < -0.3 is 4.98 Å². The lowest BCUT2D eigenvalue weighted by Crippen LogP contribution is -2.21. The van der Waals surface area contributed by atoms with Crippen LogP contribution < -0.4 is 11.2 Å². The van der Waals surface area contributed by atoms with E-state index in [9.17, 15) is 9.59 Å². The van der Waals surface area contributed by atoms with Crippen molar-refractivity contribution in [3.05, 3.63) is 43.4 Å². The van der Waals surface area contributed by atoms with Crippen LogP contribution in [-0.4, -0.2) is 9.97 Å². The van der Waals surface area contributed by atoms with Gasteiger partial charge in [-0.05, 0) is 12.1 Å². The molecule has 2 aromatic rings. The Morgan fingerprint density at radius 1 is 1.21 bits per heavy atom. The summed E-state index contributed by atoms with van der Waals surface area (Å²) in [4.78, 5) is 27.3. The molecule has 0 unspecified atom stereocenters. The Hall–Kier alpha value is -1.33. The number of hydrogen-bond acceptors (Lipinski definition) is 3. The van der Waals surface area contributed by atoms with Crippen molar-refractivity contribution in [3.8, 4) is 10.6 Å². The molecule has 0 atom stereocenters. The number of H-pyrrole nitrogens is 2. The molecule has 0 saturated carbocycles. The van der Waals surface area contributed by atoms with Crippen LogP contribution in [0.5, 0.6) is 0 Å². The normalized spacial score (nSPS) is 10.4. The summed E-state index contributed by atoms with van der Waals surface area (Å²) in [6.45, 7) is 0. The summed E-state index contributed by atoms with van der Waals surface area (Å²) >= 11 is 7.03. The van der Waals surface area contributed by atoms with Crippen LogP contribution in [0.4, 0.5) is 0 Å². The van der Waals surface area contributed by atoms with E-state index >= 15 is 0 Å². The summed E-state index contributed by atoms with van der Waals surface area (Å²) in [6, 6.07) is 4.78. The van der Waals surface area contributed by atoms with Crippen LogP contribution in [0.25, 0.3) is 10.6 Å². The van der Waals surface area contributed by atoms with Crippen molar-refractivity contribution in [2.24, 2.45) is 0 Å². The summed E-state index contributed by atoms with van der Waals surface area (Å²) in [7, 11) is 0. The number of aromatic nitrogens is 2. The molecule has 4 nitrogen and oxygen atoms in total. The zero-order valence-electron chi connectivity index (χ0n) is 6.83. The van der Waals surface area contributed by atoms with Crippen molar-refractivity contribution in [2.75, 3.05) is 0 Å². The molecule has 2 heterocycles. The fourth-order valence-electron chi connectivity index (χ4n) is 1.06. The second-order valence-electron chi connectivity index (χ2n) is 2.61. The summed E-state index contributed by atoms with van der Waals surface area (Å²) in [5.41, 5.74) is -0.457. The van der Waals surface area contributed by atoms with Gasteiger partial charge in [-0.25, -0.2) is 4.79 Å². The highest BCUT2D eigenvalue weighted by Crippen LogP contribution is 2.28. The first kappa shape index (κ1) is 9.23. The van der Waals surface area contributed by atoms with Crippen LogP contribution in [0.15, 0.2) is 27.8 Å². The third kappa shape index (κ3) is 1.78. The quantitative estimate of drug-likeness (QED) is 0.776. The Morgan fingerprint density at radius 3 is 2.57 bits per heavy atom. The second-order valence-corrected chi connectivity index (χ2v) is 4.32. The van der Waals surface area contributed by atoms with Gasteiger partial charge in [-0.1, -0.05) is 11.6 Å². The van der Waals surface area contributed by atoms with E-state index in [1.54, 1.807) is 12.1 Å². The molecule has 72 valence electrons. The van der Waals surface area contributed by atoms with Crippen molar-refractivity contribution in [3.63, 3.8) is 0 Å². The topological polar surface area (TPSA) is 65.7 Å². The molecule has 0 aliphatic heterocycles. The highest BCUT2D eigenvalue weighted by Gasteiger charge is 2.03. The maximum Gasteiger partial charge on any atom is 0.326 e. The van der Waals surface area contributed by atoms with Crippen LogP contribution >= 0.6 is 22.9 Å². The van der Waals surface area contributed by atoms with Crippen molar-refractivity contribution >= 4 is 22.9 Å². The third-order valence-electron chi connectivity index (χ3n) is 1.60. The van der Waals surface area contributed by atoms with E-state index in [0.717, 1.165) is 4.88 Å². The van der Waals surface area contributed by atoms with Gasteiger partial charge in [0.15, 0.2) is 0 Å². The molecule has 0 radical (unpaired) electrons. The Labute approximate surface area is 87.2 Å². The number of thiophene rings is 1. The minimum atomic E-state index is -0.517. The molecule has 0 aliphatic rings. The van der Waals surface area contributed by atoms with Gasteiger partial charge in [0.1, 0.15) is 0 Å². The monoisotopic (exact) mass is 228 g/mol. The van der Waals surface area contributed by atoms with E-state index in [-0.39, 0.29) is 0 Å². The average molecular weight is 229 g/mol. The van der Waals surface area contributed by atoms with E-state index < -0.39 is 11.2 Å². The molecule has 14 heavy (non-hydrogen) atoms. The Morgan fingerprint density at radius 2 is 2.00 bits per heavy atom. The molecule has 0 spiro atoms. The van der Waals surface area contributed by atoms with Gasteiger partial charge in [-0.2, -0.15) is 0 Å². The second kappa shape index (κ2) is 3.43. The maximum absolute atomic E-state index is 11.0. The van der Waals surface area contributed by atoms with Crippen LogP contribution in [0.3, 0.4) is 0 Å². The van der Waals surface area contributed by atoms with Crippen LogP contribution in [0, 0.1) is 0 Å². The largest absolute Gasteiger partial charge is 0.326 e. The zero-order valence-corrected chi connectivity index (χ0v) is 8.41. The van der Waals surface area contributed by atoms with Gasteiger partial charge in [0.25, 0.3) is 5.56 Å². The summed E-state index contributed by atoms with van der Waals surface area (Å²) in [5, 5.41) is 0. The standard InChI is InChI=1S/C8H5ClN2O2S/c9-6-2-1-5(14-6)4-3-7(12)11-8(13)10-4/h1-3H,(H2,10,11,12,13). The predicted octanol–water partition coefficient (Wildman–Crippen LogP) is 1.45. The van der Waals surface area contributed by atoms with E-state index in [0.29, 0.717) is 10.0 Å². The van der Waals surface area contributed by atoms with Crippen molar-refractivity contribution in [2.45, 2.75) is 0 Å². The zero-order chi connectivity index (χ0) is 10.1. The van der Waals surface area contributed by atoms with Gasteiger partial charge in [-0.15, -0.1) is 11.3 Å². The summed E-state index contributed by atoms with van der Waals surface area (Å²) in [5.74, 6) is 0. The Kier molecular flexibility index (Phi) is 2.26. The Balaban J connectivity index is 2.62. The highest BCUT2D eigenvalue weighted by atomic mass is 35.5. The molecule has 2 N–H and O–H groups in total. The first-order chi connectivity index (χ1) is 6.65. The van der Waals surface area contributed by atoms with E-state index in [1.807, 2.05) is 0 Å². The van der Waals surface area contributed by atoms with Gasteiger partial charge >= 0.3 is 5.69 Å². The number of nitrogens with one attached hydrogen (secondary N) is 2. The summed E-state index contributed by atoms with van der Waals surface area (Å²) in [6.07, 6.45) is 0. The molecule has 0 aliphatic carbocycles. The van der Waals surface area contributed by atoms with Crippen molar-refractivity contribution in [1.82, 2.24) is 9.97 Å². The molecule has 0 aromatic carbocycles. The first-order valence-corrected chi connectivity index (χ1v) is 4.94. The van der Waals surface area contributed by atoms with Gasteiger partial charge in [0.05, 0.1) is 14.9 Å². The van der Waals surface area contributed by atoms with Crippen LogP contribution in [-0.2, 0) is 0 Å². The van der Waals surface area contributed by atoms with E-state index in [2.05, 4.69) is 9.97 Å². The maximum atomic E-state index is 11.0. The smallest absolute Gasteiger partial charge is 0.306 e. The van der Waals surface area contributed by atoms with Gasteiger partial charge in [0, 0.05) is 6.07 Å². The van der Waals surface area contributed by atoms with Gasteiger partial charge in [0.2, 0.25) is 0 Å². The number of aromatic amines is 2. The minimum Gasteiger partial charge on any atom is -0.306 e. The highest BCUT2D eigenvalue weighted by molar-refractivity contribution is 7.19. The molecule has 0 fully saturated rings. The molecular formula is C8H5ClN2O2S. The fourth-order valence-corrected chi connectivity index (χ4v) is 2.08. The SMILES string of the molecule is O=c1cc(-c2ccc(Cl)s2)[nH]c(=O)[nH]1. The molecule has 0 saturated heterocycles. The molecule has 0 amide bonds. The average Bonchev–Trinajstić information content (AvgIpc) is 2.50. The van der Waals surface area contributed by atoms with Crippen LogP contribution in [0.2, 0.25) is 4.34 Å². The third-order valence-corrected chi connectivity index (χ3v) is 2.86. The lowest BCUT2D eigenvalue weighted by molar-refractivity contribution is 1.04. The molecular weight excluding hydrogens is 224 g/mol. The van der Waals surface area contributed by atoms with Gasteiger partial charge in [-0.3, -0.25) is 9.78 Å². The summed E-state index contributed by atoms with van der Waals surface area (Å²) < 4.78 is 0.612. The molecule has 0 bridgehead atoms. The van der Waals surface area contributed by atoms with E-state index in [4.69, 9.17) is 11.6 Å². The van der Waals surface area contributed by atoms with E-state index in [1.165, 1.54) is 17.4 Å². The lowest BCUT2D eigenvalue weighted by atomic mass is 10.3. The number of hydrogen-bond donors (Lipinski definition) is 2. The number of rotatable bonds is 1. The van der Waals surface area contributed by atoms with Crippen molar-refractivity contribution in [1.29, 1.82) is 0 Å². The van der Waals surface area contributed by atoms with Crippen molar-refractivity contribution < 1.29 is 0 Å².